The second-order valence-corrected chi connectivity index (χ2v) is 6.19. The van der Waals surface area contributed by atoms with E-state index in [0.717, 1.165) is 12.8 Å². The molecule has 1 unspecified atom stereocenters. The number of nitrogens with zero attached hydrogens (tertiary/aromatic N) is 1. The number of benzene rings is 1. The van der Waals surface area contributed by atoms with Crippen molar-refractivity contribution >= 4 is 11.9 Å². The van der Waals surface area contributed by atoms with Crippen LogP contribution in [0, 0.1) is 5.92 Å². The largest absolute Gasteiger partial charge is 0.493 e. The van der Waals surface area contributed by atoms with Gasteiger partial charge in [-0.05, 0) is 43.9 Å². The molecule has 1 N–H and O–H groups in total. The fourth-order valence-electron chi connectivity index (χ4n) is 2.26. The summed E-state index contributed by atoms with van der Waals surface area (Å²) in [5.74, 6) is -0.188. The van der Waals surface area contributed by atoms with Crippen LogP contribution in [0.2, 0.25) is 0 Å². The maximum atomic E-state index is 12.7. The number of ether oxygens (including phenoxy) is 1. The molecule has 120 valence electrons. The Hall–Kier alpha value is -2.04. The molecule has 1 amide bonds. The first-order valence-corrected chi connectivity index (χ1v) is 7.68. The number of carbonyl (C=O) groups excluding carboxylic acids is 1. The molecule has 5 nitrogen and oxygen atoms in total. The van der Waals surface area contributed by atoms with Crippen molar-refractivity contribution in [3.63, 3.8) is 0 Å². The van der Waals surface area contributed by atoms with Gasteiger partial charge in [0.1, 0.15) is 11.8 Å². The predicted molar refractivity (Wildman–Crippen MR) is 83.1 cm³/mol. The van der Waals surface area contributed by atoms with Crippen molar-refractivity contribution in [1.82, 2.24) is 4.90 Å². The van der Waals surface area contributed by atoms with Crippen LogP contribution in [-0.2, 0) is 4.79 Å². The van der Waals surface area contributed by atoms with Gasteiger partial charge in [-0.15, -0.1) is 0 Å². The smallest absolute Gasteiger partial charge is 0.326 e. The molecular formula is C17H23NO4. The van der Waals surface area contributed by atoms with E-state index >= 15 is 0 Å². The van der Waals surface area contributed by atoms with E-state index in [0.29, 0.717) is 23.8 Å². The molecule has 0 aromatic heterocycles. The van der Waals surface area contributed by atoms with E-state index in [-0.39, 0.29) is 11.9 Å². The Morgan fingerprint density at radius 3 is 2.55 bits per heavy atom. The summed E-state index contributed by atoms with van der Waals surface area (Å²) in [5, 5.41) is 9.21. The normalized spacial score (nSPS) is 15.5. The zero-order chi connectivity index (χ0) is 16.3. The van der Waals surface area contributed by atoms with Crippen molar-refractivity contribution in [3.8, 4) is 5.75 Å². The van der Waals surface area contributed by atoms with Crippen molar-refractivity contribution in [1.29, 1.82) is 0 Å². The van der Waals surface area contributed by atoms with Gasteiger partial charge in [-0.1, -0.05) is 19.9 Å². The van der Waals surface area contributed by atoms with Gasteiger partial charge in [0.25, 0.3) is 5.91 Å². The Balaban J connectivity index is 2.16. The highest BCUT2D eigenvalue weighted by molar-refractivity contribution is 5.97. The fourth-order valence-corrected chi connectivity index (χ4v) is 2.26. The molecular weight excluding hydrogens is 282 g/mol. The van der Waals surface area contributed by atoms with Gasteiger partial charge < -0.3 is 14.7 Å². The van der Waals surface area contributed by atoms with Crippen LogP contribution in [0.1, 0.15) is 44.0 Å². The van der Waals surface area contributed by atoms with Crippen LogP contribution >= 0.6 is 0 Å². The van der Waals surface area contributed by atoms with Gasteiger partial charge in [-0.25, -0.2) is 4.79 Å². The third-order valence-electron chi connectivity index (χ3n) is 3.61. The Bertz CT molecular complexity index is 551. The molecule has 1 atom stereocenters. The van der Waals surface area contributed by atoms with E-state index in [4.69, 9.17) is 4.74 Å². The molecule has 1 saturated carbocycles. The molecule has 1 aliphatic rings. The Kier molecular flexibility index (Phi) is 5.06. The maximum absolute atomic E-state index is 12.7. The topological polar surface area (TPSA) is 66.8 Å². The van der Waals surface area contributed by atoms with Crippen molar-refractivity contribution in [2.45, 2.75) is 45.7 Å². The lowest BCUT2D eigenvalue weighted by Gasteiger charge is -2.26. The van der Waals surface area contributed by atoms with E-state index < -0.39 is 12.0 Å². The van der Waals surface area contributed by atoms with E-state index in [1.165, 1.54) is 4.90 Å². The Morgan fingerprint density at radius 1 is 1.32 bits per heavy atom. The number of hydrogen-bond acceptors (Lipinski definition) is 3. The highest BCUT2D eigenvalue weighted by Crippen LogP contribution is 2.30. The van der Waals surface area contributed by atoms with Gasteiger partial charge in [0.2, 0.25) is 0 Å². The zero-order valence-electron chi connectivity index (χ0n) is 13.3. The molecule has 2 rings (SSSR count). The standard InChI is InChI=1S/C17H23NO4/c1-11(2)10-22-15-6-4-5-13(9-15)16(19)18(14-7-8-14)12(3)17(20)21/h4-6,9,11-12,14H,7-8,10H2,1-3H3,(H,20,21). The number of carboxylic acids is 1. The monoisotopic (exact) mass is 305 g/mol. The summed E-state index contributed by atoms with van der Waals surface area (Å²) in [6, 6.07) is 6.18. The van der Waals surface area contributed by atoms with Gasteiger partial charge in [0, 0.05) is 11.6 Å². The number of carbonyl (C=O) groups is 2. The third kappa shape index (κ3) is 4.00. The summed E-state index contributed by atoms with van der Waals surface area (Å²) >= 11 is 0. The van der Waals surface area contributed by atoms with Crippen LogP contribution in [0.25, 0.3) is 0 Å². The quantitative estimate of drug-likeness (QED) is 0.841. The van der Waals surface area contributed by atoms with Crippen LogP contribution in [0.3, 0.4) is 0 Å². The van der Waals surface area contributed by atoms with E-state index in [1.54, 1.807) is 31.2 Å². The highest BCUT2D eigenvalue weighted by atomic mass is 16.5. The second kappa shape index (κ2) is 6.81. The Morgan fingerprint density at radius 2 is 2.00 bits per heavy atom. The van der Waals surface area contributed by atoms with E-state index in [2.05, 4.69) is 13.8 Å². The minimum atomic E-state index is -0.979. The summed E-state index contributed by atoms with van der Waals surface area (Å²) in [6.07, 6.45) is 1.74. The van der Waals surface area contributed by atoms with Gasteiger partial charge in [0.15, 0.2) is 0 Å². The molecule has 1 aromatic rings. The van der Waals surface area contributed by atoms with E-state index in [1.807, 2.05) is 0 Å². The Labute approximate surface area is 130 Å². The van der Waals surface area contributed by atoms with Gasteiger partial charge in [-0.3, -0.25) is 4.79 Å². The van der Waals surface area contributed by atoms with Crippen molar-refractivity contribution in [2.75, 3.05) is 6.61 Å². The molecule has 0 saturated heterocycles. The molecule has 5 heteroatoms. The molecule has 0 heterocycles. The summed E-state index contributed by atoms with van der Waals surface area (Å²) < 4.78 is 5.63. The van der Waals surface area contributed by atoms with Crippen molar-refractivity contribution < 1.29 is 19.4 Å². The first-order chi connectivity index (χ1) is 10.4. The summed E-state index contributed by atoms with van der Waals surface area (Å²) in [7, 11) is 0. The van der Waals surface area contributed by atoms with Crippen LogP contribution in [0.4, 0.5) is 0 Å². The van der Waals surface area contributed by atoms with Gasteiger partial charge in [0.05, 0.1) is 6.61 Å². The summed E-state index contributed by atoms with van der Waals surface area (Å²) in [6.45, 7) is 6.24. The molecule has 0 radical (unpaired) electrons. The second-order valence-electron chi connectivity index (χ2n) is 6.19. The number of rotatable bonds is 7. The van der Waals surface area contributed by atoms with Crippen LogP contribution in [0.5, 0.6) is 5.75 Å². The average molecular weight is 305 g/mol. The zero-order valence-corrected chi connectivity index (χ0v) is 13.3. The fraction of sp³-hybridized carbons (Fsp3) is 0.529. The molecule has 22 heavy (non-hydrogen) atoms. The molecule has 0 spiro atoms. The van der Waals surface area contributed by atoms with Gasteiger partial charge in [-0.2, -0.15) is 0 Å². The minimum Gasteiger partial charge on any atom is -0.493 e. The molecule has 1 aromatic carbocycles. The molecule has 0 aliphatic heterocycles. The number of hydrogen-bond donors (Lipinski definition) is 1. The van der Waals surface area contributed by atoms with Crippen LogP contribution < -0.4 is 4.74 Å². The highest BCUT2D eigenvalue weighted by Gasteiger charge is 2.38. The lowest BCUT2D eigenvalue weighted by atomic mass is 10.1. The number of carboxylic acid groups (broad SMARTS) is 1. The van der Waals surface area contributed by atoms with Gasteiger partial charge >= 0.3 is 5.97 Å². The van der Waals surface area contributed by atoms with Crippen molar-refractivity contribution in [2.24, 2.45) is 5.92 Å². The lowest BCUT2D eigenvalue weighted by Crippen LogP contribution is -2.44. The molecule has 0 bridgehead atoms. The third-order valence-corrected chi connectivity index (χ3v) is 3.61. The van der Waals surface area contributed by atoms with Crippen LogP contribution in [-0.4, -0.2) is 40.6 Å². The van der Waals surface area contributed by atoms with E-state index in [9.17, 15) is 14.7 Å². The summed E-state index contributed by atoms with van der Waals surface area (Å²) in [5.41, 5.74) is 0.473. The first kappa shape index (κ1) is 16.3. The number of amides is 1. The average Bonchev–Trinajstić information content (AvgIpc) is 3.30. The number of aliphatic carboxylic acids is 1. The van der Waals surface area contributed by atoms with Crippen LogP contribution in [0.15, 0.2) is 24.3 Å². The predicted octanol–water partition coefficient (Wildman–Crippen LogP) is 2.80. The first-order valence-electron chi connectivity index (χ1n) is 7.68. The maximum Gasteiger partial charge on any atom is 0.326 e. The summed E-state index contributed by atoms with van der Waals surface area (Å²) in [4.78, 5) is 25.4. The molecule has 1 fully saturated rings. The molecule has 1 aliphatic carbocycles. The van der Waals surface area contributed by atoms with Crippen molar-refractivity contribution in [3.05, 3.63) is 29.8 Å². The minimum absolute atomic E-state index is 0.0406. The SMILES string of the molecule is CC(C)COc1cccc(C(=O)N(C2CC2)C(C)C(=O)O)c1. The lowest BCUT2D eigenvalue weighted by molar-refractivity contribution is -0.141.